The van der Waals surface area contributed by atoms with Gasteiger partial charge in [0.15, 0.2) is 0 Å². The number of aliphatic hydroxyl groups is 2. The highest BCUT2D eigenvalue weighted by Gasteiger charge is 2.01. The van der Waals surface area contributed by atoms with E-state index in [4.69, 9.17) is 5.11 Å². The molecular formula is C9H20O2. The molecule has 0 fully saturated rings. The SMILES string of the molecule is CCCC[C@@H](O)CCCCO. The number of hydrogen-bond donors (Lipinski definition) is 2. The molecule has 2 nitrogen and oxygen atoms in total. The van der Waals surface area contributed by atoms with Gasteiger partial charge in [0.1, 0.15) is 0 Å². The van der Waals surface area contributed by atoms with Crippen molar-refractivity contribution in [2.75, 3.05) is 6.61 Å². The molecule has 2 N–H and O–H groups in total. The van der Waals surface area contributed by atoms with E-state index in [0.29, 0.717) is 0 Å². The maximum atomic E-state index is 9.33. The van der Waals surface area contributed by atoms with Crippen LogP contribution in [0.2, 0.25) is 0 Å². The van der Waals surface area contributed by atoms with E-state index in [2.05, 4.69) is 6.92 Å². The lowest BCUT2D eigenvalue weighted by atomic mass is 10.1. The molecule has 0 rings (SSSR count). The maximum Gasteiger partial charge on any atom is 0.0540 e. The average molecular weight is 160 g/mol. The highest BCUT2D eigenvalue weighted by atomic mass is 16.3. The van der Waals surface area contributed by atoms with Gasteiger partial charge in [0.2, 0.25) is 0 Å². The predicted octanol–water partition coefficient (Wildman–Crippen LogP) is 1.70. The minimum absolute atomic E-state index is 0.138. The van der Waals surface area contributed by atoms with Crippen LogP contribution in [0.1, 0.15) is 45.4 Å². The van der Waals surface area contributed by atoms with Gasteiger partial charge in [-0.1, -0.05) is 19.8 Å². The minimum Gasteiger partial charge on any atom is -0.396 e. The summed E-state index contributed by atoms with van der Waals surface area (Å²) in [5, 5.41) is 17.8. The lowest BCUT2D eigenvalue weighted by Crippen LogP contribution is -2.05. The van der Waals surface area contributed by atoms with Crippen molar-refractivity contribution in [3.63, 3.8) is 0 Å². The van der Waals surface area contributed by atoms with Gasteiger partial charge < -0.3 is 10.2 Å². The molecule has 11 heavy (non-hydrogen) atoms. The summed E-state index contributed by atoms with van der Waals surface area (Å²) in [6.45, 7) is 2.38. The number of aliphatic hydroxyl groups excluding tert-OH is 2. The number of unbranched alkanes of at least 4 members (excludes halogenated alkanes) is 2. The quantitative estimate of drug-likeness (QED) is 0.556. The number of rotatable bonds is 7. The van der Waals surface area contributed by atoms with Crippen LogP contribution in [0.4, 0.5) is 0 Å². The smallest absolute Gasteiger partial charge is 0.0540 e. The Morgan fingerprint density at radius 3 is 2.27 bits per heavy atom. The fraction of sp³-hybridized carbons (Fsp3) is 1.00. The number of hydrogen-bond acceptors (Lipinski definition) is 2. The van der Waals surface area contributed by atoms with Crippen LogP contribution in [0.3, 0.4) is 0 Å². The van der Waals surface area contributed by atoms with Crippen LogP contribution >= 0.6 is 0 Å². The first-order valence-corrected chi connectivity index (χ1v) is 4.60. The normalized spacial score (nSPS) is 13.4. The van der Waals surface area contributed by atoms with E-state index < -0.39 is 0 Å². The van der Waals surface area contributed by atoms with E-state index in [0.717, 1.165) is 38.5 Å². The Labute approximate surface area is 69.2 Å². The molecule has 0 aliphatic carbocycles. The molecule has 0 unspecified atom stereocenters. The zero-order chi connectivity index (χ0) is 8.53. The van der Waals surface area contributed by atoms with Crippen LogP contribution in [0.5, 0.6) is 0 Å². The monoisotopic (exact) mass is 160 g/mol. The van der Waals surface area contributed by atoms with E-state index >= 15 is 0 Å². The van der Waals surface area contributed by atoms with Crippen molar-refractivity contribution < 1.29 is 10.2 Å². The van der Waals surface area contributed by atoms with Crippen molar-refractivity contribution in [3.8, 4) is 0 Å². The van der Waals surface area contributed by atoms with E-state index in [9.17, 15) is 5.11 Å². The van der Waals surface area contributed by atoms with Crippen molar-refractivity contribution in [2.45, 2.75) is 51.6 Å². The van der Waals surface area contributed by atoms with Gasteiger partial charge >= 0.3 is 0 Å². The predicted molar refractivity (Wildman–Crippen MR) is 46.5 cm³/mol. The molecule has 0 radical (unpaired) electrons. The highest BCUT2D eigenvalue weighted by molar-refractivity contribution is 4.55. The first-order valence-electron chi connectivity index (χ1n) is 4.60. The van der Waals surface area contributed by atoms with Gasteiger partial charge in [-0.05, 0) is 25.7 Å². The third kappa shape index (κ3) is 7.82. The van der Waals surface area contributed by atoms with E-state index in [1.54, 1.807) is 0 Å². The van der Waals surface area contributed by atoms with Crippen LogP contribution in [0.25, 0.3) is 0 Å². The van der Waals surface area contributed by atoms with Crippen molar-refractivity contribution in [2.24, 2.45) is 0 Å². The van der Waals surface area contributed by atoms with Crippen LogP contribution < -0.4 is 0 Å². The topological polar surface area (TPSA) is 40.5 Å². The second-order valence-corrected chi connectivity index (χ2v) is 3.02. The molecule has 1 atom stereocenters. The standard InChI is InChI=1S/C9H20O2/c1-2-3-6-9(11)7-4-5-8-10/h9-11H,2-8H2,1H3/t9-/m1/s1. The molecule has 0 aliphatic rings. The van der Waals surface area contributed by atoms with Gasteiger partial charge in [0, 0.05) is 6.61 Å². The fourth-order valence-electron chi connectivity index (χ4n) is 1.08. The largest absolute Gasteiger partial charge is 0.396 e. The van der Waals surface area contributed by atoms with Crippen molar-refractivity contribution in [3.05, 3.63) is 0 Å². The molecule has 0 spiro atoms. The van der Waals surface area contributed by atoms with Crippen LogP contribution in [-0.4, -0.2) is 22.9 Å². The van der Waals surface area contributed by atoms with Crippen LogP contribution in [0, 0.1) is 0 Å². The lowest BCUT2D eigenvalue weighted by molar-refractivity contribution is 0.145. The molecule has 0 aromatic carbocycles. The summed E-state index contributed by atoms with van der Waals surface area (Å²) in [6.07, 6.45) is 5.66. The van der Waals surface area contributed by atoms with Gasteiger partial charge in [-0.2, -0.15) is 0 Å². The Bertz CT molecular complexity index is 74.0. The molecule has 0 saturated carbocycles. The molecule has 0 aromatic heterocycles. The summed E-state index contributed by atoms with van der Waals surface area (Å²) in [6, 6.07) is 0. The van der Waals surface area contributed by atoms with Crippen LogP contribution in [-0.2, 0) is 0 Å². The maximum absolute atomic E-state index is 9.33. The summed E-state index contributed by atoms with van der Waals surface area (Å²) in [7, 11) is 0. The second-order valence-electron chi connectivity index (χ2n) is 3.02. The summed E-state index contributed by atoms with van der Waals surface area (Å²) < 4.78 is 0. The molecule has 0 amide bonds. The van der Waals surface area contributed by atoms with Crippen molar-refractivity contribution in [1.82, 2.24) is 0 Å². The van der Waals surface area contributed by atoms with Gasteiger partial charge in [0.25, 0.3) is 0 Å². The summed E-state index contributed by atoms with van der Waals surface area (Å²) in [5.74, 6) is 0. The Morgan fingerprint density at radius 1 is 1.09 bits per heavy atom. The van der Waals surface area contributed by atoms with Gasteiger partial charge in [-0.15, -0.1) is 0 Å². The molecule has 0 aromatic rings. The Morgan fingerprint density at radius 2 is 1.73 bits per heavy atom. The summed E-state index contributed by atoms with van der Waals surface area (Å²) >= 11 is 0. The van der Waals surface area contributed by atoms with Crippen molar-refractivity contribution in [1.29, 1.82) is 0 Å². The van der Waals surface area contributed by atoms with Crippen molar-refractivity contribution >= 4 is 0 Å². The fourth-order valence-corrected chi connectivity index (χ4v) is 1.08. The minimum atomic E-state index is -0.138. The average Bonchev–Trinajstić information content (AvgIpc) is 2.01. The molecule has 0 saturated heterocycles. The lowest BCUT2D eigenvalue weighted by Gasteiger charge is -2.08. The van der Waals surface area contributed by atoms with Gasteiger partial charge in [-0.3, -0.25) is 0 Å². The highest BCUT2D eigenvalue weighted by Crippen LogP contribution is 2.07. The Balaban J connectivity index is 3.02. The molecule has 0 aliphatic heterocycles. The van der Waals surface area contributed by atoms with E-state index in [1.807, 2.05) is 0 Å². The third-order valence-corrected chi connectivity index (χ3v) is 1.84. The first-order chi connectivity index (χ1) is 5.31. The zero-order valence-electron chi connectivity index (χ0n) is 7.42. The first kappa shape index (κ1) is 10.9. The Hall–Kier alpha value is -0.0800. The van der Waals surface area contributed by atoms with E-state index in [-0.39, 0.29) is 12.7 Å². The summed E-state index contributed by atoms with van der Waals surface area (Å²) in [4.78, 5) is 0. The van der Waals surface area contributed by atoms with Gasteiger partial charge in [0.05, 0.1) is 6.10 Å². The summed E-state index contributed by atoms with van der Waals surface area (Å²) in [5.41, 5.74) is 0. The third-order valence-electron chi connectivity index (χ3n) is 1.84. The molecule has 0 bridgehead atoms. The zero-order valence-corrected chi connectivity index (χ0v) is 7.42. The molecule has 0 heterocycles. The molecular weight excluding hydrogens is 140 g/mol. The van der Waals surface area contributed by atoms with Gasteiger partial charge in [-0.25, -0.2) is 0 Å². The van der Waals surface area contributed by atoms with E-state index in [1.165, 1.54) is 0 Å². The Kier molecular flexibility index (Phi) is 7.96. The second kappa shape index (κ2) is 8.02. The van der Waals surface area contributed by atoms with Crippen LogP contribution in [0.15, 0.2) is 0 Å². The molecule has 2 heteroatoms. The molecule has 68 valence electrons.